The number of hydrogen-bond acceptors (Lipinski definition) is 3. The van der Waals surface area contributed by atoms with Gasteiger partial charge in [-0.15, -0.1) is 0 Å². The van der Waals surface area contributed by atoms with Crippen LogP contribution in [0.1, 0.15) is 42.9 Å². The molecule has 1 aliphatic heterocycles. The van der Waals surface area contributed by atoms with Crippen LogP contribution in [0.15, 0.2) is 42.5 Å². The van der Waals surface area contributed by atoms with Crippen LogP contribution in [0.2, 0.25) is 0 Å². The van der Waals surface area contributed by atoms with E-state index in [1.54, 1.807) is 25.0 Å². The molecule has 2 N–H and O–H groups in total. The SMILES string of the molecule is COc1ccc(CCNC(=O)C2CC(c3ccc(F)c(C)c3)CN(C(=O)NC(C)C)C2)cc1. The van der Waals surface area contributed by atoms with Crippen molar-refractivity contribution in [2.45, 2.75) is 45.6 Å². The maximum atomic E-state index is 13.8. The lowest BCUT2D eigenvalue weighted by Crippen LogP contribution is -2.52. The number of piperidine rings is 1. The van der Waals surface area contributed by atoms with Crippen molar-refractivity contribution in [1.82, 2.24) is 15.5 Å². The van der Waals surface area contributed by atoms with E-state index in [4.69, 9.17) is 4.74 Å². The van der Waals surface area contributed by atoms with Gasteiger partial charge in [0.05, 0.1) is 13.0 Å². The Hall–Kier alpha value is -3.09. The molecule has 178 valence electrons. The first-order valence-electron chi connectivity index (χ1n) is 11.5. The maximum Gasteiger partial charge on any atom is 0.317 e. The highest BCUT2D eigenvalue weighted by molar-refractivity contribution is 5.81. The number of hydrogen-bond donors (Lipinski definition) is 2. The van der Waals surface area contributed by atoms with E-state index in [1.165, 1.54) is 6.07 Å². The second-order valence-corrected chi connectivity index (χ2v) is 9.04. The monoisotopic (exact) mass is 455 g/mol. The predicted octanol–water partition coefficient (Wildman–Crippen LogP) is 4.03. The average Bonchev–Trinajstić information content (AvgIpc) is 2.80. The smallest absolute Gasteiger partial charge is 0.317 e. The molecular weight excluding hydrogens is 421 g/mol. The average molecular weight is 456 g/mol. The number of benzene rings is 2. The Bertz CT molecular complexity index is 962. The van der Waals surface area contributed by atoms with E-state index in [1.807, 2.05) is 44.2 Å². The molecule has 6 nitrogen and oxygen atoms in total. The second-order valence-electron chi connectivity index (χ2n) is 9.04. The number of carbonyl (C=O) groups is 2. The summed E-state index contributed by atoms with van der Waals surface area (Å²) in [5.74, 6) is 0.120. The minimum absolute atomic E-state index is 0.00251. The fourth-order valence-electron chi connectivity index (χ4n) is 4.22. The Morgan fingerprint density at radius 2 is 1.88 bits per heavy atom. The molecule has 1 fully saturated rings. The topological polar surface area (TPSA) is 70.7 Å². The summed E-state index contributed by atoms with van der Waals surface area (Å²) in [6.07, 6.45) is 1.32. The van der Waals surface area contributed by atoms with E-state index < -0.39 is 0 Å². The highest BCUT2D eigenvalue weighted by Gasteiger charge is 2.34. The molecule has 1 aliphatic rings. The summed E-state index contributed by atoms with van der Waals surface area (Å²) in [4.78, 5) is 27.5. The first kappa shape index (κ1) is 24.6. The van der Waals surface area contributed by atoms with Gasteiger partial charge in [-0.1, -0.05) is 24.3 Å². The number of aryl methyl sites for hydroxylation is 1. The largest absolute Gasteiger partial charge is 0.497 e. The van der Waals surface area contributed by atoms with Gasteiger partial charge in [-0.2, -0.15) is 0 Å². The Balaban J connectivity index is 1.67. The van der Waals surface area contributed by atoms with Crippen LogP contribution in [0.25, 0.3) is 0 Å². The Kier molecular flexibility index (Phi) is 8.31. The van der Waals surface area contributed by atoms with Crippen molar-refractivity contribution < 1.29 is 18.7 Å². The molecule has 2 aromatic carbocycles. The van der Waals surface area contributed by atoms with Crippen LogP contribution in [0.3, 0.4) is 0 Å². The standard InChI is InChI=1S/C26H34FN3O3/c1-17(2)29-26(32)30-15-21(20-7-10-24(27)18(3)13-20)14-22(16-30)25(31)28-12-11-19-5-8-23(33-4)9-6-19/h5-10,13,17,21-22H,11-12,14-16H2,1-4H3,(H,28,31)(H,29,32). The summed E-state index contributed by atoms with van der Waals surface area (Å²) in [5, 5.41) is 5.96. The van der Waals surface area contributed by atoms with Gasteiger partial charge in [-0.3, -0.25) is 4.79 Å². The third-order valence-electron chi connectivity index (χ3n) is 6.05. The van der Waals surface area contributed by atoms with Crippen molar-refractivity contribution in [3.63, 3.8) is 0 Å². The molecule has 3 amide bonds. The minimum atomic E-state index is -0.331. The van der Waals surface area contributed by atoms with E-state index >= 15 is 0 Å². The highest BCUT2D eigenvalue weighted by Crippen LogP contribution is 2.31. The van der Waals surface area contributed by atoms with E-state index in [-0.39, 0.29) is 35.6 Å². The molecule has 2 atom stereocenters. The third-order valence-corrected chi connectivity index (χ3v) is 6.05. The summed E-state index contributed by atoms with van der Waals surface area (Å²) in [5.41, 5.74) is 2.63. The van der Waals surface area contributed by atoms with Gasteiger partial charge in [-0.25, -0.2) is 9.18 Å². The summed E-state index contributed by atoms with van der Waals surface area (Å²) < 4.78 is 19.0. The van der Waals surface area contributed by atoms with Crippen molar-refractivity contribution in [2.75, 3.05) is 26.7 Å². The van der Waals surface area contributed by atoms with Gasteiger partial charge in [0.25, 0.3) is 0 Å². The number of methoxy groups -OCH3 is 1. The molecule has 0 spiro atoms. The van der Waals surface area contributed by atoms with E-state index in [2.05, 4.69) is 10.6 Å². The zero-order chi connectivity index (χ0) is 24.0. The van der Waals surface area contributed by atoms with Gasteiger partial charge < -0.3 is 20.3 Å². The zero-order valence-corrected chi connectivity index (χ0v) is 19.9. The Morgan fingerprint density at radius 3 is 2.52 bits per heavy atom. The molecule has 2 unspecified atom stereocenters. The van der Waals surface area contributed by atoms with Gasteiger partial charge in [0.1, 0.15) is 11.6 Å². The molecule has 2 aromatic rings. The number of nitrogens with one attached hydrogen (secondary N) is 2. The van der Waals surface area contributed by atoms with Crippen molar-refractivity contribution in [3.8, 4) is 5.75 Å². The van der Waals surface area contributed by atoms with E-state index in [0.717, 1.165) is 16.9 Å². The first-order chi connectivity index (χ1) is 15.8. The predicted molar refractivity (Wildman–Crippen MR) is 127 cm³/mol. The number of urea groups is 1. The molecule has 0 saturated carbocycles. The maximum absolute atomic E-state index is 13.8. The molecule has 0 bridgehead atoms. The molecular formula is C26H34FN3O3. The number of carbonyl (C=O) groups excluding carboxylic acids is 2. The van der Waals surface area contributed by atoms with Gasteiger partial charge in [0.15, 0.2) is 0 Å². The summed E-state index contributed by atoms with van der Waals surface area (Å²) in [6, 6.07) is 12.6. The van der Waals surface area contributed by atoms with Crippen LogP contribution in [-0.2, 0) is 11.2 Å². The molecule has 1 heterocycles. The van der Waals surface area contributed by atoms with Crippen LogP contribution in [0.4, 0.5) is 9.18 Å². The quantitative estimate of drug-likeness (QED) is 0.662. The Labute approximate surface area is 195 Å². The normalized spacial score (nSPS) is 18.2. The molecule has 1 saturated heterocycles. The molecule has 7 heteroatoms. The van der Waals surface area contributed by atoms with E-state index in [9.17, 15) is 14.0 Å². The second kappa shape index (κ2) is 11.2. The van der Waals surface area contributed by atoms with Crippen LogP contribution in [0.5, 0.6) is 5.75 Å². The lowest BCUT2D eigenvalue weighted by Gasteiger charge is -2.38. The summed E-state index contributed by atoms with van der Waals surface area (Å²) in [7, 11) is 1.63. The number of nitrogens with zero attached hydrogens (tertiary/aromatic N) is 1. The zero-order valence-electron chi connectivity index (χ0n) is 19.9. The lowest BCUT2D eigenvalue weighted by atomic mass is 9.83. The fraction of sp³-hybridized carbons (Fsp3) is 0.462. The lowest BCUT2D eigenvalue weighted by molar-refractivity contribution is -0.126. The molecule has 3 rings (SSSR count). The minimum Gasteiger partial charge on any atom is -0.497 e. The van der Waals surface area contributed by atoms with Crippen molar-refractivity contribution in [3.05, 3.63) is 65.0 Å². The number of halogens is 1. The number of amides is 3. The van der Waals surface area contributed by atoms with Crippen molar-refractivity contribution in [1.29, 1.82) is 0 Å². The van der Waals surface area contributed by atoms with Gasteiger partial charge >= 0.3 is 6.03 Å². The van der Waals surface area contributed by atoms with Gasteiger partial charge in [0, 0.05) is 31.6 Å². The first-order valence-corrected chi connectivity index (χ1v) is 11.5. The Morgan fingerprint density at radius 1 is 1.15 bits per heavy atom. The highest BCUT2D eigenvalue weighted by atomic mass is 19.1. The number of rotatable bonds is 7. The molecule has 0 radical (unpaired) electrons. The van der Waals surface area contributed by atoms with E-state index in [0.29, 0.717) is 38.0 Å². The molecule has 33 heavy (non-hydrogen) atoms. The van der Waals surface area contributed by atoms with Crippen LogP contribution >= 0.6 is 0 Å². The summed E-state index contributed by atoms with van der Waals surface area (Å²) in [6.45, 7) is 6.93. The van der Waals surface area contributed by atoms with Gasteiger partial charge in [0.2, 0.25) is 5.91 Å². The van der Waals surface area contributed by atoms with Gasteiger partial charge in [-0.05, 0) is 68.5 Å². The van der Waals surface area contributed by atoms with Crippen LogP contribution in [0, 0.1) is 18.7 Å². The number of ether oxygens (including phenoxy) is 1. The fourth-order valence-corrected chi connectivity index (χ4v) is 4.22. The third kappa shape index (κ3) is 6.70. The molecule has 0 aromatic heterocycles. The number of likely N-dealkylation sites (tertiary alicyclic amines) is 1. The van der Waals surface area contributed by atoms with Crippen LogP contribution in [-0.4, -0.2) is 49.6 Å². The molecule has 0 aliphatic carbocycles. The van der Waals surface area contributed by atoms with Crippen molar-refractivity contribution >= 4 is 11.9 Å². The van der Waals surface area contributed by atoms with Crippen molar-refractivity contribution in [2.24, 2.45) is 5.92 Å². The summed E-state index contributed by atoms with van der Waals surface area (Å²) >= 11 is 0. The van der Waals surface area contributed by atoms with Crippen LogP contribution < -0.4 is 15.4 Å².